The summed E-state index contributed by atoms with van der Waals surface area (Å²) in [5, 5.41) is 28.9. The maximum Gasteiger partial charge on any atom is 1.00 e. The first-order valence-electron chi connectivity index (χ1n) is 16.4. The second-order valence-corrected chi connectivity index (χ2v) is 13.8. The molecule has 2 aliphatic rings. The fourth-order valence-electron chi connectivity index (χ4n) is 6.61. The number of aryl methyl sites for hydroxylation is 1. The number of aliphatic hydroxyl groups is 1. The Kier molecular flexibility index (Phi) is 10.6. The standard InChI is InChI=1S/C34H47N9O3.ClH/c1-34(2,3)29-20-31(41(5)39-29)36-32(45)35-27-11-12-28(26-9-7-6-8-25(26)27)46-24-10-13-30-37-38-33(43(30)22-24)42-16-14-23(15-17-42)21-40(4)18-19-44;/h6-10,13,20,22-23,27-28,44H,11-12,14-19,21H2,1-5H3,(H2,35,36,45);1H/t27-,28+;/m0./s1. The molecule has 254 valence electrons. The average molecular weight is 666 g/mol. The number of nitrogens with zero attached hydrogens (tertiary/aromatic N) is 7. The molecule has 0 radical (unpaired) electrons. The van der Waals surface area contributed by atoms with Crippen LogP contribution >= 0.6 is 0 Å². The van der Waals surface area contributed by atoms with E-state index in [1.165, 1.54) is 0 Å². The number of halogens is 1. The summed E-state index contributed by atoms with van der Waals surface area (Å²) >= 11 is 0. The van der Waals surface area contributed by atoms with Crippen LogP contribution in [0.5, 0.6) is 5.75 Å². The van der Waals surface area contributed by atoms with Gasteiger partial charge in [0.15, 0.2) is 5.65 Å². The van der Waals surface area contributed by atoms with Crippen LogP contribution in [0.2, 0.25) is 0 Å². The normalized spacial score (nSPS) is 18.6. The molecular formula is C34H48ClN9O3. The van der Waals surface area contributed by atoms with Gasteiger partial charge in [-0.3, -0.25) is 14.4 Å². The summed E-state index contributed by atoms with van der Waals surface area (Å²) in [5.74, 6) is 2.86. The zero-order valence-corrected chi connectivity index (χ0v) is 28.7. The summed E-state index contributed by atoms with van der Waals surface area (Å²) in [6.45, 7) is 10.0. The van der Waals surface area contributed by atoms with Crippen molar-refractivity contribution in [1.82, 2.24) is 34.6 Å². The number of rotatable bonds is 9. The lowest BCUT2D eigenvalue weighted by Crippen LogP contribution is -3.00. The van der Waals surface area contributed by atoms with Gasteiger partial charge in [0.05, 0.1) is 24.5 Å². The van der Waals surface area contributed by atoms with Crippen LogP contribution in [-0.4, -0.2) is 80.2 Å². The summed E-state index contributed by atoms with van der Waals surface area (Å²) in [6, 6.07) is 13.6. The lowest BCUT2D eigenvalue weighted by atomic mass is 9.85. The maximum absolute atomic E-state index is 13.1. The molecule has 13 heteroatoms. The van der Waals surface area contributed by atoms with Crippen LogP contribution in [0.1, 0.15) is 76.8 Å². The summed E-state index contributed by atoms with van der Waals surface area (Å²) in [7, 11) is 3.91. The Morgan fingerprint density at radius 2 is 1.83 bits per heavy atom. The zero-order valence-electron chi connectivity index (χ0n) is 29.0. The number of aromatic nitrogens is 5. The molecule has 6 rings (SSSR count). The highest BCUT2D eigenvalue weighted by Gasteiger charge is 2.30. The third-order valence-electron chi connectivity index (χ3n) is 9.22. The van der Waals surface area contributed by atoms with Crippen molar-refractivity contribution < 1.29 is 28.5 Å². The van der Waals surface area contributed by atoms with Crippen molar-refractivity contribution in [3.05, 3.63) is 65.5 Å². The second kappa shape index (κ2) is 14.5. The fraction of sp³-hybridized carbons (Fsp3) is 0.529. The molecule has 1 aliphatic heterocycles. The van der Waals surface area contributed by atoms with Crippen LogP contribution in [0.4, 0.5) is 16.6 Å². The number of hydrogen-bond acceptors (Lipinski definition) is 8. The van der Waals surface area contributed by atoms with Crippen LogP contribution < -0.4 is 32.7 Å². The number of pyridine rings is 1. The van der Waals surface area contributed by atoms with E-state index in [0.29, 0.717) is 18.3 Å². The van der Waals surface area contributed by atoms with Gasteiger partial charge in [-0.2, -0.15) is 5.10 Å². The Bertz CT molecular complexity index is 1670. The fourth-order valence-corrected chi connectivity index (χ4v) is 6.61. The molecule has 3 N–H and O–H groups in total. The number of carbonyl (C=O) groups excluding carboxylic acids is 1. The molecule has 1 aliphatic carbocycles. The molecule has 0 unspecified atom stereocenters. The Balaban J connectivity index is 0.00000260. The van der Waals surface area contributed by atoms with Gasteiger partial charge in [0.1, 0.15) is 17.7 Å². The molecule has 1 fully saturated rings. The van der Waals surface area contributed by atoms with Gasteiger partial charge in [0.25, 0.3) is 0 Å². The summed E-state index contributed by atoms with van der Waals surface area (Å²) in [6.07, 6.45) is 5.50. The van der Waals surface area contributed by atoms with Gasteiger partial charge in [-0.05, 0) is 61.9 Å². The highest BCUT2D eigenvalue weighted by atomic mass is 35.5. The third-order valence-corrected chi connectivity index (χ3v) is 9.22. The van der Waals surface area contributed by atoms with E-state index in [4.69, 9.17) is 4.74 Å². The predicted molar refractivity (Wildman–Crippen MR) is 179 cm³/mol. The lowest BCUT2D eigenvalue weighted by molar-refractivity contribution is -0.0000152. The van der Waals surface area contributed by atoms with Gasteiger partial charge >= 0.3 is 7.46 Å². The first-order chi connectivity index (χ1) is 22.1. The largest absolute Gasteiger partial charge is 1.00 e. The highest BCUT2D eigenvalue weighted by Crippen LogP contribution is 2.39. The van der Waals surface area contributed by atoms with Gasteiger partial charge in [0, 0.05) is 44.7 Å². The van der Waals surface area contributed by atoms with E-state index in [1.54, 1.807) is 4.68 Å². The first-order valence-corrected chi connectivity index (χ1v) is 16.4. The predicted octanol–water partition coefficient (Wildman–Crippen LogP) is 1.79. The minimum atomic E-state index is -0.255. The Labute approximate surface area is 284 Å². The van der Waals surface area contributed by atoms with Crippen molar-refractivity contribution in [2.24, 2.45) is 13.0 Å². The van der Waals surface area contributed by atoms with E-state index < -0.39 is 0 Å². The Morgan fingerprint density at radius 1 is 1.09 bits per heavy atom. The van der Waals surface area contributed by atoms with E-state index in [-0.39, 0.29) is 44.0 Å². The zero-order chi connectivity index (χ0) is 32.4. The smallest absolute Gasteiger partial charge is 1.00 e. The van der Waals surface area contributed by atoms with Crippen molar-refractivity contribution in [1.29, 1.82) is 0 Å². The molecule has 3 aromatic heterocycles. The molecule has 4 aromatic rings. The molecule has 0 spiro atoms. The molecule has 0 bridgehead atoms. The second-order valence-electron chi connectivity index (χ2n) is 13.8. The van der Waals surface area contributed by atoms with E-state index in [0.717, 1.165) is 79.5 Å². The summed E-state index contributed by atoms with van der Waals surface area (Å²) < 4.78 is 10.4. The number of likely N-dealkylation sites (N-methyl/N-ethyl adjacent to an activating group) is 1. The van der Waals surface area contributed by atoms with Crippen LogP contribution in [0.3, 0.4) is 0 Å². The lowest BCUT2D eigenvalue weighted by Gasteiger charge is -2.34. The minimum absolute atomic E-state index is 0. The first kappa shape index (κ1) is 34.5. The molecule has 1 saturated heterocycles. The highest BCUT2D eigenvalue weighted by molar-refractivity contribution is 5.88. The van der Waals surface area contributed by atoms with E-state index >= 15 is 0 Å². The average Bonchev–Trinajstić information content (AvgIpc) is 3.62. The van der Waals surface area contributed by atoms with Gasteiger partial charge in [-0.25, -0.2) is 4.79 Å². The van der Waals surface area contributed by atoms with E-state index in [1.807, 2.05) is 48.0 Å². The monoisotopic (exact) mass is 665 g/mol. The molecule has 1 aromatic carbocycles. The minimum Gasteiger partial charge on any atom is -1.00 e. The molecule has 4 heterocycles. The summed E-state index contributed by atoms with van der Waals surface area (Å²) in [5.41, 5.74) is 3.74. The number of fused-ring (bicyclic) bond motifs is 2. The van der Waals surface area contributed by atoms with Gasteiger partial charge < -0.3 is 37.4 Å². The Morgan fingerprint density at radius 3 is 2.53 bits per heavy atom. The number of aliphatic hydroxyl groups excluding tert-OH is 1. The number of piperidine rings is 1. The van der Waals surface area contributed by atoms with Crippen LogP contribution in [0.25, 0.3) is 5.65 Å². The van der Waals surface area contributed by atoms with Crippen molar-refractivity contribution in [2.75, 3.05) is 50.1 Å². The summed E-state index contributed by atoms with van der Waals surface area (Å²) in [4.78, 5) is 17.6. The number of benzene rings is 1. The number of carbonyl (C=O) groups is 1. The molecular weight excluding hydrogens is 618 g/mol. The van der Waals surface area contributed by atoms with Crippen molar-refractivity contribution in [3.8, 4) is 5.75 Å². The number of anilines is 2. The van der Waals surface area contributed by atoms with Gasteiger partial charge in [-0.1, -0.05) is 45.0 Å². The number of ether oxygens (including phenoxy) is 1. The number of urea groups is 1. The van der Waals surface area contributed by atoms with E-state index in [9.17, 15) is 9.90 Å². The molecule has 0 saturated carbocycles. The quantitative estimate of drug-likeness (QED) is 0.247. The third kappa shape index (κ3) is 7.82. The molecule has 2 amide bonds. The van der Waals surface area contributed by atoms with Crippen LogP contribution in [0.15, 0.2) is 48.7 Å². The molecule has 12 nitrogen and oxygen atoms in total. The maximum atomic E-state index is 13.1. The molecule has 47 heavy (non-hydrogen) atoms. The Hall–Kier alpha value is -3.87. The SMILES string of the molecule is CN(CCO)CC1CCN(c2nnc3ccc(O[C@@H]4CC[C@H](NC(=O)Nc5cc(C(C)(C)C)nn5C)c5ccccc54)cn23)CC1.[Cl-].[H+]. The van der Waals surface area contributed by atoms with Gasteiger partial charge in [-0.15, -0.1) is 10.2 Å². The van der Waals surface area contributed by atoms with E-state index in [2.05, 4.69) is 75.7 Å². The number of amides is 2. The van der Waals surface area contributed by atoms with Crippen LogP contribution in [0, 0.1) is 5.92 Å². The van der Waals surface area contributed by atoms with Gasteiger partial charge in [0.2, 0.25) is 5.95 Å². The van der Waals surface area contributed by atoms with Crippen molar-refractivity contribution in [2.45, 2.75) is 64.0 Å². The molecule has 2 atom stereocenters. The van der Waals surface area contributed by atoms with Crippen molar-refractivity contribution in [3.63, 3.8) is 0 Å². The van der Waals surface area contributed by atoms with Crippen LogP contribution in [-0.2, 0) is 12.5 Å². The van der Waals surface area contributed by atoms with Crippen molar-refractivity contribution >= 4 is 23.4 Å². The topological polar surface area (TPSA) is 125 Å². The number of hydrogen-bond donors (Lipinski definition) is 3. The number of nitrogens with one attached hydrogen (secondary N) is 2.